The van der Waals surface area contributed by atoms with Gasteiger partial charge in [-0.25, -0.2) is 0 Å². The second-order valence-electron chi connectivity index (χ2n) is 4.19. The first-order valence-electron chi connectivity index (χ1n) is 5.68. The molecule has 0 aliphatic heterocycles. The number of benzene rings is 1. The van der Waals surface area contributed by atoms with Crippen molar-refractivity contribution < 1.29 is 0 Å². The summed E-state index contributed by atoms with van der Waals surface area (Å²) in [6.07, 6.45) is 0. The fraction of sp³-hybridized carbons (Fsp3) is 0.538. The summed E-state index contributed by atoms with van der Waals surface area (Å²) in [4.78, 5) is 0. The van der Waals surface area contributed by atoms with Crippen LogP contribution in [0, 0.1) is 5.92 Å². The van der Waals surface area contributed by atoms with Crippen molar-refractivity contribution in [2.24, 2.45) is 5.92 Å². The average molecular weight is 206 g/mol. The van der Waals surface area contributed by atoms with Crippen LogP contribution in [0.5, 0.6) is 0 Å². The fourth-order valence-corrected chi connectivity index (χ4v) is 1.75. The summed E-state index contributed by atoms with van der Waals surface area (Å²) in [6.45, 7) is 6.53. The lowest BCUT2D eigenvalue weighted by atomic mass is 9.96. The van der Waals surface area contributed by atoms with Crippen molar-refractivity contribution in [2.75, 3.05) is 20.1 Å². The van der Waals surface area contributed by atoms with Gasteiger partial charge in [0.25, 0.3) is 0 Å². The van der Waals surface area contributed by atoms with Crippen LogP contribution in [0.1, 0.15) is 25.5 Å². The van der Waals surface area contributed by atoms with E-state index in [9.17, 15) is 0 Å². The van der Waals surface area contributed by atoms with Crippen molar-refractivity contribution in [1.29, 1.82) is 0 Å². The van der Waals surface area contributed by atoms with Crippen LogP contribution in [0.2, 0.25) is 0 Å². The second-order valence-corrected chi connectivity index (χ2v) is 4.19. The highest BCUT2D eigenvalue weighted by atomic mass is 15.0. The standard InChI is InChI=1S/C13H22N2/c1-11(2)13(15-10-9-14-3)12-7-5-4-6-8-12/h4-8,11,13-15H,9-10H2,1-3H3. The maximum atomic E-state index is 3.57. The van der Waals surface area contributed by atoms with Crippen LogP contribution in [0.15, 0.2) is 30.3 Å². The molecule has 0 aliphatic carbocycles. The lowest BCUT2D eigenvalue weighted by Crippen LogP contribution is -2.31. The number of hydrogen-bond donors (Lipinski definition) is 2. The van der Waals surface area contributed by atoms with Crippen molar-refractivity contribution in [2.45, 2.75) is 19.9 Å². The van der Waals surface area contributed by atoms with E-state index in [2.05, 4.69) is 54.8 Å². The van der Waals surface area contributed by atoms with Gasteiger partial charge in [-0.3, -0.25) is 0 Å². The van der Waals surface area contributed by atoms with E-state index in [4.69, 9.17) is 0 Å². The molecule has 1 aromatic carbocycles. The number of nitrogens with one attached hydrogen (secondary N) is 2. The Kier molecular flexibility index (Phi) is 5.37. The molecule has 2 nitrogen and oxygen atoms in total. The fourth-order valence-electron chi connectivity index (χ4n) is 1.75. The highest BCUT2D eigenvalue weighted by Gasteiger charge is 2.13. The topological polar surface area (TPSA) is 24.1 Å². The summed E-state index contributed by atoms with van der Waals surface area (Å²) in [5.41, 5.74) is 1.38. The highest BCUT2D eigenvalue weighted by molar-refractivity contribution is 5.19. The van der Waals surface area contributed by atoms with E-state index in [1.54, 1.807) is 0 Å². The van der Waals surface area contributed by atoms with Crippen molar-refractivity contribution in [3.05, 3.63) is 35.9 Å². The van der Waals surface area contributed by atoms with Crippen molar-refractivity contribution >= 4 is 0 Å². The third-order valence-electron chi connectivity index (χ3n) is 2.56. The van der Waals surface area contributed by atoms with Crippen LogP contribution in [-0.2, 0) is 0 Å². The summed E-state index contributed by atoms with van der Waals surface area (Å²) in [6, 6.07) is 11.1. The molecule has 1 atom stereocenters. The maximum Gasteiger partial charge on any atom is 0.0343 e. The Balaban J connectivity index is 2.58. The van der Waals surface area contributed by atoms with Gasteiger partial charge in [0.1, 0.15) is 0 Å². The average Bonchev–Trinajstić information content (AvgIpc) is 2.25. The zero-order valence-electron chi connectivity index (χ0n) is 9.96. The van der Waals surface area contributed by atoms with Crippen LogP contribution in [0.3, 0.4) is 0 Å². The largest absolute Gasteiger partial charge is 0.318 e. The monoisotopic (exact) mass is 206 g/mol. The molecule has 0 heterocycles. The zero-order valence-corrected chi connectivity index (χ0v) is 9.96. The maximum absolute atomic E-state index is 3.57. The van der Waals surface area contributed by atoms with Gasteiger partial charge in [-0.15, -0.1) is 0 Å². The molecule has 0 aromatic heterocycles. The van der Waals surface area contributed by atoms with Gasteiger partial charge in [-0.2, -0.15) is 0 Å². The van der Waals surface area contributed by atoms with E-state index in [1.165, 1.54) is 5.56 Å². The van der Waals surface area contributed by atoms with Crippen LogP contribution < -0.4 is 10.6 Å². The Labute approximate surface area is 93.1 Å². The molecule has 1 unspecified atom stereocenters. The van der Waals surface area contributed by atoms with E-state index in [0.29, 0.717) is 12.0 Å². The SMILES string of the molecule is CNCCNC(c1ccccc1)C(C)C. The lowest BCUT2D eigenvalue weighted by Gasteiger charge is -2.23. The molecule has 0 saturated heterocycles. The predicted octanol–water partition coefficient (Wildman–Crippen LogP) is 2.19. The molecule has 2 heteroatoms. The van der Waals surface area contributed by atoms with Crippen LogP contribution in [-0.4, -0.2) is 20.1 Å². The molecule has 0 saturated carbocycles. The van der Waals surface area contributed by atoms with Gasteiger partial charge < -0.3 is 10.6 Å². The van der Waals surface area contributed by atoms with E-state index >= 15 is 0 Å². The van der Waals surface area contributed by atoms with Gasteiger partial charge in [-0.1, -0.05) is 44.2 Å². The zero-order chi connectivity index (χ0) is 11.1. The van der Waals surface area contributed by atoms with Crippen LogP contribution >= 0.6 is 0 Å². The molecular weight excluding hydrogens is 184 g/mol. The van der Waals surface area contributed by atoms with Crippen LogP contribution in [0.4, 0.5) is 0 Å². The van der Waals surface area contributed by atoms with Gasteiger partial charge in [0.2, 0.25) is 0 Å². The first-order valence-corrected chi connectivity index (χ1v) is 5.68. The summed E-state index contributed by atoms with van der Waals surface area (Å²) in [5.74, 6) is 0.615. The summed E-state index contributed by atoms with van der Waals surface area (Å²) in [5, 5.41) is 6.72. The predicted molar refractivity (Wildman–Crippen MR) is 66.0 cm³/mol. The molecule has 0 spiro atoms. The lowest BCUT2D eigenvalue weighted by molar-refractivity contribution is 0.412. The molecule has 15 heavy (non-hydrogen) atoms. The summed E-state index contributed by atoms with van der Waals surface area (Å²) >= 11 is 0. The quantitative estimate of drug-likeness (QED) is 0.697. The Morgan fingerprint density at radius 2 is 1.73 bits per heavy atom. The Hall–Kier alpha value is -0.860. The molecule has 0 radical (unpaired) electrons. The molecule has 2 N–H and O–H groups in total. The number of likely N-dealkylation sites (N-methyl/N-ethyl adjacent to an activating group) is 1. The third kappa shape index (κ3) is 4.02. The van der Waals surface area contributed by atoms with Gasteiger partial charge in [0, 0.05) is 19.1 Å². The minimum atomic E-state index is 0.458. The minimum Gasteiger partial charge on any atom is -0.318 e. The van der Waals surface area contributed by atoms with Gasteiger partial charge in [-0.05, 0) is 18.5 Å². The highest BCUT2D eigenvalue weighted by Crippen LogP contribution is 2.20. The Morgan fingerprint density at radius 3 is 2.27 bits per heavy atom. The van der Waals surface area contributed by atoms with Gasteiger partial charge in [0.05, 0.1) is 0 Å². The summed E-state index contributed by atoms with van der Waals surface area (Å²) in [7, 11) is 1.98. The first kappa shape index (κ1) is 12.2. The second kappa shape index (κ2) is 6.59. The molecule has 0 fully saturated rings. The molecule has 0 bridgehead atoms. The van der Waals surface area contributed by atoms with Crippen LogP contribution in [0.25, 0.3) is 0 Å². The molecular formula is C13H22N2. The van der Waals surface area contributed by atoms with E-state index in [1.807, 2.05) is 7.05 Å². The molecule has 1 aromatic rings. The Bertz CT molecular complexity index is 256. The number of rotatable bonds is 6. The number of hydrogen-bond acceptors (Lipinski definition) is 2. The normalized spacial score (nSPS) is 13.1. The van der Waals surface area contributed by atoms with E-state index in [0.717, 1.165) is 13.1 Å². The first-order chi connectivity index (χ1) is 7.25. The smallest absolute Gasteiger partial charge is 0.0343 e. The molecule has 1 rings (SSSR count). The molecule has 0 aliphatic rings. The van der Waals surface area contributed by atoms with Crippen molar-refractivity contribution in [3.8, 4) is 0 Å². The third-order valence-corrected chi connectivity index (χ3v) is 2.56. The minimum absolute atomic E-state index is 0.458. The van der Waals surface area contributed by atoms with E-state index in [-0.39, 0.29) is 0 Å². The van der Waals surface area contributed by atoms with Gasteiger partial charge in [0.15, 0.2) is 0 Å². The molecule has 0 amide bonds. The Morgan fingerprint density at radius 1 is 1.07 bits per heavy atom. The van der Waals surface area contributed by atoms with E-state index < -0.39 is 0 Å². The van der Waals surface area contributed by atoms with Gasteiger partial charge >= 0.3 is 0 Å². The summed E-state index contributed by atoms with van der Waals surface area (Å²) < 4.78 is 0. The van der Waals surface area contributed by atoms with Crippen molar-refractivity contribution in [3.63, 3.8) is 0 Å². The van der Waals surface area contributed by atoms with Crippen molar-refractivity contribution in [1.82, 2.24) is 10.6 Å². The molecule has 84 valence electrons.